The zero-order chi connectivity index (χ0) is 20.6. The number of esters is 1. The molecule has 0 aliphatic rings. The topological polar surface area (TPSA) is 76.6 Å². The summed E-state index contributed by atoms with van der Waals surface area (Å²) in [5, 5.41) is 9.53. The third kappa shape index (κ3) is 4.82. The summed E-state index contributed by atoms with van der Waals surface area (Å²) in [5.74, 6) is -0.283. The first-order chi connectivity index (χ1) is 14.1. The molecule has 0 fully saturated rings. The molecule has 3 rings (SSSR count). The summed E-state index contributed by atoms with van der Waals surface area (Å²) in [6, 6.07) is 15.1. The number of hydrogen-bond acceptors (Lipinski definition) is 5. The molecule has 0 aliphatic carbocycles. The number of hydrogen-bond donors (Lipinski definition) is 0. The molecule has 1 aromatic carbocycles. The van der Waals surface area contributed by atoms with Crippen LogP contribution in [0, 0.1) is 18.3 Å². The van der Waals surface area contributed by atoms with Crippen LogP contribution in [-0.4, -0.2) is 22.0 Å². The van der Waals surface area contributed by atoms with Gasteiger partial charge in [0.2, 0.25) is 5.88 Å². The normalized spacial score (nSPS) is 11.3. The van der Waals surface area contributed by atoms with Crippen LogP contribution >= 0.6 is 0 Å². The Morgan fingerprint density at radius 1 is 1.24 bits per heavy atom. The molecular weight excluding hydrogens is 366 g/mol. The SMILES string of the molecule is CCCCOc1nc2c(C)cccn2c1C=C(C#N)C(=O)OCc1ccccc1. The van der Waals surface area contributed by atoms with Crippen LogP contribution in [0.1, 0.15) is 36.6 Å². The molecule has 2 aromatic heterocycles. The summed E-state index contributed by atoms with van der Waals surface area (Å²) >= 11 is 0. The summed E-state index contributed by atoms with van der Waals surface area (Å²) in [6.45, 7) is 4.64. The van der Waals surface area contributed by atoms with Gasteiger partial charge in [0.25, 0.3) is 0 Å². The Balaban J connectivity index is 1.90. The van der Waals surface area contributed by atoms with E-state index in [4.69, 9.17) is 9.47 Å². The molecule has 6 nitrogen and oxygen atoms in total. The summed E-state index contributed by atoms with van der Waals surface area (Å²) in [6.07, 6.45) is 5.19. The summed E-state index contributed by atoms with van der Waals surface area (Å²) in [7, 11) is 0. The van der Waals surface area contributed by atoms with Crippen LogP contribution in [0.15, 0.2) is 54.2 Å². The number of imidazole rings is 1. The van der Waals surface area contributed by atoms with E-state index in [-0.39, 0.29) is 12.2 Å². The van der Waals surface area contributed by atoms with Crippen molar-refractivity contribution in [3.63, 3.8) is 0 Å². The van der Waals surface area contributed by atoms with Gasteiger partial charge in [0.15, 0.2) is 0 Å². The Bertz CT molecular complexity index is 1060. The summed E-state index contributed by atoms with van der Waals surface area (Å²) < 4.78 is 13.0. The van der Waals surface area contributed by atoms with Gasteiger partial charge in [0, 0.05) is 6.20 Å². The maximum absolute atomic E-state index is 12.5. The molecule has 0 unspecified atom stereocenters. The largest absolute Gasteiger partial charge is 0.476 e. The molecule has 148 valence electrons. The molecule has 0 atom stereocenters. The standard InChI is InChI=1S/C23H23N3O3/c1-3-4-13-28-22-20(26-12-8-9-17(2)21(26)25-22)14-19(15-24)23(27)29-16-18-10-6-5-7-11-18/h5-12,14H,3-4,13,16H2,1-2H3. The van der Waals surface area contributed by atoms with E-state index < -0.39 is 5.97 Å². The number of pyridine rings is 1. The first kappa shape index (κ1) is 20.2. The Kier molecular flexibility index (Phi) is 6.64. The second-order valence-electron chi connectivity index (χ2n) is 6.62. The van der Waals surface area contributed by atoms with Crippen LogP contribution < -0.4 is 4.74 Å². The average Bonchev–Trinajstić information content (AvgIpc) is 3.10. The van der Waals surface area contributed by atoms with Crippen molar-refractivity contribution in [2.24, 2.45) is 0 Å². The molecule has 0 saturated carbocycles. The molecule has 0 N–H and O–H groups in total. The predicted molar refractivity (Wildman–Crippen MR) is 110 cm³/mol. The van der Waals surface area contributed by atoms with Gasteiger partial charge in [-0.2, -0.15) is 10.2 Å². The van der Waals surface area contributed by atoms with Gasteiger partial charge in [0.05, 0.1) is 6.61 Å². The fourth-order valence-electron chi connectivity index (χ4n) is 2.83. The van der Waals surface area contributed by atoms with Crippen molar-refractivity contribution in [1.82, 2.24) is 9.38 Å². The van der Waals surface area contributed by atoms with Crippen molar-refractivity contribution in [1.29, 1.82) is 5.26 Å². The van der Waals surface area contributed by atoms with Crippen molar-refractivity contribution in [3.05, 3.63) is 71.1 Å². The highest BCUT2D eigenvalue weighted by Gasteiger charge is 2.18. The average molecular weight is 389 g/mol. The molecule has 29 heavy (non-hydrogen) atoms. The number of nitriles is 1. The van der Waals surface area contributed by atoms with Crippen molar-refractivity contribution >= 4 is 17.7 Å². The van der Waals surface area contributed by atoms with Crippen LogP contribution in [0.3, 0.4) is 0 Å². The number of ether oxygens (including phenoxy) is 2. The number of nitrogens with zero attached hydrogens (tertiary/aromatic N) is 3. The van der Waals surface area contributed by atoms with Crippen molar-refractivity contribution < 1.29 is 14.3 Å². The zero-order valence-electron chi connectivity index (χ0n) is 16.6. The Hall–Kier alpha value is -3.59. The fourth-order valence-corrected chi connectivity index (χ4v) is 2.83. The van der Waals surface area contributed by atoms with Gasteiger partial charge in [-0.15, -0.1) is 0 Å². The number of aromatic nitrogens is 2. The maximum atomic E-state index is 12.5. The van der Waals surface area contributed by atoms with Crippen molar-refractivity contribution in [3.8, 4) is 11.9 Å². The summed E-state index contributed by atoms with van der Waals surface area (Å²) in [5.41, 5.74) is 2.99. The quantitative estimate of drug-likeness (QED) is 0.246. The molecule has 0 amide bonds. The first-order valence-electron chi connectivity index (χ1n) is 9.57. The number of fused-ring (bicyclic) bond motifs is 1. The molecule has 0 radical (unpaired) electrons. The third-order valence-corrected chi connectivity index (χ3v) is 4.42. The van der Waals surface area contributed by atoms with E-state index in [2.05, 4.69) is 11.9 Å². The van der Waals surface area contributed by atoms with E-state index in [0.29, 0.717) is 18.2 Å². The number of rotatable bonds is 8. The van der Waals surface area contributed by atoms with E-state index >= 15 is 0 Å². The van der Waals surface area contributed by atoms with Gasteiger partial charge in [-0.05, 0) is 36.6 Å². The second kappa shape index (κ2) is 9.56. The highest BCUT2D eigenvalue weighted by molar-refractivity contribution is 5.98. The Morgan fingerprint density at radius 3 is 2.76 bits per heavy atom. The van der Waals surface area contributed by atoms with Gasteiger partial charge in [-0.25, -0.2) is 4.79 Å². The lowest BCUT2D eigenvalue weighted by Gasteiger charge is -2.06. The molecule has 0 spiro atoms. The van der Waals surface area contributed by atoms with Crippen LogP contribution in [-0.2, 0) is 16.1 Å². The third-order valence-electron chi connectivity index (χ3n) is 4.42. The van der Waals surface area contributed by atoms with Crippen LogP contribution in [0.5, 0.6) is 5.88 Å². The number of carbonyl (C=O) groups is 1. The van der Waals surface area contributed by atoms with Gasteiger partial charge in [0.1, 0.15) is 29.6 Å². The lowest BCUT2D eigenvalue weighted by Crippen LogP contribution is -2.07. The smallest absolute Gasteiger partial charge is 0.349 e. The van der Waals surface area contributed by atoms with E-state index in [1.165, 1.54) is 6.08 Å². The number of carbonyl (C=O) groups excluding carboxylic acids is 1. The predicted octanol–water partition coefficient (Wildman–Crippen LogP) is 4.47. The molecule has 6 heteroatoms. The lowest BCUT2D eigenvalue weighted by atomic mass is 10.2. The van der Waals surface area contributed by atoms with Gasteiger partial charge < -0.3 is 9.47 Å². The van der Waals surface area contributed by atoms with E-state index in [9.17, 15) is 10.1 Å². The number of unbranched alkanes of at least 4 members (excludes halogenated alkanes) is 1. The molecule has 0 bridgehead atoms. The summed E-state index contributed by atoms with van der Waals surface area (Å²) in [4.78, 5) is 17.0. The molecule has 2 heterocycles. The monoisotopic (exact) mass is 389 g/mol. The van der Waals surface area contributed by atoms with Crippen LogP contribution in [0.25, 0.3) is 11.7 Å². The molecular formula is C23H23N3O3. The Labute approximate surface area is 170 Å². The van der Waals surface area contributed by atoms with Crippen LogP contribution in [0.2, 0.25) is 0 Å². The van der Waals surface area contributed by atoms with Gasteiger partial charge in [-0.3, -0.25) is 4.40 Å². The van der Waals surface area contributed by atoms with Crippen molar-refractivity contribution in [2.45, 2.75) is 33.3 Å². The minimum absolute atomic E-state index is 0.102. The minimum atomic E-state index is -0.682. The van der Waals surface area contributed by atoms with Crippen LogP contribution in [0.4, 0.5) is 0 Å². The second-order valence-corrected chi connectivity index (χ2v) is 6.62. The first-order valence-corrected chi connectivity index (χ1v) is 9.57. The maximum Gasteiger partial charge on any atom is 0.349 e. The Morgan fingerprint density at radius 2 is 2.03 bits per heavy atom. The van der Waals surface area contributed by atoms with Crippen molar-refractivity contribution in [2.75, 3.05) is 6.61 Å². The van der Waals surface area contributed by atoms with E-state index in [0.717, 1.165) is 29.6 Å². The molecule has 0 saturated heterocycles. The molecule has 3 aromatic rings. The highest BCUT2D eigenvalue weighted by atomic mass is 16.5. The number of benzene rings is 1. The highest BCUT2D eigenvalue weighted by Crippen LogP contribution is 2.25. The zero-order valence-corrected chi connectivity index (χ0v) is 16.6. The fraction of sp³-hybridized carbons (Fsp3) is 0.261. The van der Waals surface area contributed by atoms with E-state index in [1.807, 2.05) is 66.1 Å². The van der Waals surface area contributed by atoms with Gasteiger partial charge in [-0.1, -0.05) is 49.7 Å². The molecule has 0 aliphatic heterocycles. The lowest BCUT2D eigenvalue weighted by molar-refractivity contribution is -0.139. The minimum Gasteiger partial charge on any atom is -0.476 e. The number of aryl methyl sites for hydroxylation is 1. The van der Waals surface area contributed by atoms with Gasteiger partial charge >= 0.3 is 5.97 Å². The van der Waals surface area contributed by atoms with E-state index in [1.54, 1.807) is 0 Å².